The molecular formula is C11H13NO2S. The number of anilines is 1. The highest BCUT2D eigenvalue weighted by atomic mass is 32.2. The van der Waals surface area contributed by atoms with Crippen LogP contribution in [-0.4, -0.2) is 17.4 Å². The molecule has 0 bridgehead atoms. The van der Waals surface area contributed by atoms with E-state index in [2.05, 4.69) is 0 Å². The van der Waals surface area contributed by atoms with Crippen LogP contribution in [0.5, 0.6) is 0 Å². The first-order valence-corrected chi connectivity index (χ1v) is 5.89. The molecule has 0 fully saturated rings. The average Bonchev–Trinajstić information content (AvgIpc) is 2.30. The molecule has 0 unspecified atom stereocenters. The Labute approximate surface area is 93.5 Å². The first kappa shape index (κ1) is 11.8. The van der Waals surface area contributed by atoms with Crippen LogP contribution in [-0.2, 0) is 4.79 Å². The van der Waals surface area contributed by atoms with Gasteiger partial charge in [0.25, 0.3) is 5.24 Å². The number of hydrogen-bond donors (Lipinski definition) is 0. The van der Waals surface area contributed by atoms with Crippen molar-refractivity contribution in [3.05, 3.63) is 30.3 Å². The third-order valence-electron chi connectivity index (χ3n) is 1.92. The minimum atomic E-state index is -0.243. The lowest BCUT2D eigenvalue weighted by atomic mass is 10.3. The lowest BCUT2D eigenvalue weighted by Crippen LogP contribution is -2.33. The summed E-state index contributed by atoms with van der Waals surface area (Å²) in [4.78, 5) is 24.4. The van der Waals surface area contributed by atoms with Crippen molar-refractivity contribution in [1.82, 2.24) is 0 Å². The molecule has 1 rings (SSSR count). The van der Waals surface area contributed by atoms with Crippen LogP contribution in [0.2, 0.25) is 0 Å². The van der Waals surface area contributed by atoms with Crippen molar-refractivity contribution in [2.75, 3.05) is 11.2 Å². The molecule has 4 heteroatoms. The number of rotatable bonds is 2. The molecule has 15 heavy (non-hydrogen) atoms. The SMILES string of the molecule is CCC(=O)N(C(=O)SC)c1ccccc1. The van der Waals surface area contributed by atoms with Crippen LogP contribution < -0.4 is 4.90 Å². The molecule has 80 valence electrons. The van der Waals surface area contributed by atoms with Crippen molar-refractivity contribution in [3.63, 3.8) is 0 Å². The monoisotopic (exact) mass is 223 g/mol. The number of imide groups is 1. The molecule has 0 spiro atoms. The zero-order valence-electron chi connectivity index (χ0n) is 8.77. The molecule has 2 amide bonds. The summed E-state index contributed by atoms with van der Waals surface area (Å²) in [5.41, 5.74) is 0.628. The Kier molecular flexibility index (Phi) is 4.37. The molecule has 0 aliphatic heterocycles. The molecule has 0 atom stereocenters. The van der Waals surface area contributed by atoms with Gasteiger partial charge in [-0.05, 0) is 18.4 Å². The highest BCUT2D eigenvalue weighted by Gasteiger charge is 2.20. The van der Waals surface area contributed by atoms with E-state index in [1.165, 1.54) is 4.90 Å². The minimum Gasteiger partial charge on any atom is -0.274 e. The maximum absolute atomic E-state index is 11.6. The van der Waals surface area contributed by atoms with Gasteiger partial charge in [-0.3, -0.25) is 9.59 Å². The van der Waals surface area contributed by atoms with Crippen molar-refractivity contribution in [3.8, 4) is 0 Å². The summed E-state index contributed by atoms with van der Waals surface area (Å²) in [6, 6.07) is 8.96. The maximum Gasteiger partial charge on any atom is 0.292 e. The highest BCUT2D eigenvalue weighted by Crippen LogP contribution is 2.18. The van der Waals surface area contributed by atoms with E-state index in [1.54, 1.807) is 37.4 Å². The summed E-state index contributed by atoms with van der Waals surface area (Å²) in [6.45, 7) is 1.74. The fourth-order valence-electron chi connectivity index (χ4n) is 1.18. The van der Waals surface area contributed by atoms with Crippen molar-refractivity contribution >= 4 is 28.6 Å². The summed E-state index contributed by atoms with van der Waals surface area (Å²) in [6.07, 6.45) is 1.99. The smallest absolute Gasteiger partial charge is 0.274 e. The molecule has 0 saturated heterocycles. The summed E-state index contributed by atoms with van der Waals surface area (Å²) < 4.78 is 0. The number of amides is 2. The molecule has 1 aromatic rings. The average molecular weight is 223 g/mol. The van der Waals surface area contributed by atoms with Crippen LogP contribution in [0.25, 0.3) is 0 Å². The molecule has 0 heterocycles. The summed E-state index contributed by atoms with van der Waals surface area (Å²) >= 11 is 1.04. The second-order valence-corrected chi connectivity index (χ2v) is 3.65. The van der Waals surface area contributed by atoms with Crippen molar-refractivity contribution in [2.45, 2.75) is 13.3 Å². The fourth-order valence-corrected chi connectivity index (χ4v) is 1.57. The Morgan fingerprint density at radius 1 is 1.27 bits per heavy atom. The second-order valence-electron chi connectivity index (χ2n) is 2.89. The summed E-state index contributed by atoms with van der Waals surface area (Å²) in [7, 11) is 0. The van der Waals surface area contributed by atoms with Gasteiger partial charge in [0, 0.05) is 6.42 Å². The molecule has 3 nitrogen and oxygen atoms in total. The standard InChI is InChI=1S/C11H13NO2S/c1-3-10(13)12(11(14)15-2)9-7-5-4-6-8-9/h4-8H,3H2,1-2H3. The van der Waals surface area contributed by atoms with Gasteiger partial charge in [0.05, 0.1) is 5.69 Å². The van der Waals surface area contributed by atoms with Gasteiger partial charge >= 0.3 is 0 Å². The lowest BCUT2D eigenvalue weighted by Gasteiger charge is -2.18. The maximum atomic E-state index is 11.6. The Balaban J connectivity index is 3.02. The zero-order chi connectivity index (χ0) is 11.3. The molecule has 0 aromatic heterocycles. The predicted octanol–water partition coefficient (Wildman–Crippen LogP) is 2.91. The quantitative estimate of drug-likeness (QED) is 0.773. The van der Waals surface area contributed by atoms with E-state index in [-0.39, 0.29) is 11.1 Å². The van der Waals surface area contributed by atoms with E-state index in [0.29, 0.717) is 12.1 Å². The Bertz CT molecular complexity index is 335. The lowest BCUT2D eigenvalue weighted by molar-refractivity contribution is -0.117. The molecule has 0 saturated carbocycles. The number of para-hydroxylation sites is 1. The van der Waals surface area contributed by atoms with Crippen LogP contribution in [0, 0.1) is 0 Å². The Morgan fingerprint density at radius 2 is 1.87 bits per heavy atom. The molecular weight excluding hydrogens is 210 g/mol. The van der Waals surface area contributed by atoms with Crippen LogP contribution in [0.3, 0.4) is 0 Å². The van der Waals surface area contributed by atoms with Gasteiger partial charge in [0.15, 0.2) is 0 Å². The first-order chi connectivity index (χ1) is 7.20. The summed E-state index contributed by atoms with van der Waals surface area (Å²) in [5.74, 6) is -0.180. The first-order valence-electron chi connectivity index (χ1n) is 4.66. The van der Waals surface area contributed by atoms with Gasteiger partial charge < -0.3 is 0 Å². The second kappa shape index (κ2) is 5.56. The third kappa shape index (κ3) is 2.83. The van der Waals surface area contributed by atoms with Gasteiger partial charge in [-0.2, -0.15) is 0 Å². The van der Waals surface area contributed by atoms with Crippen LogP contribution in [0.15, 0.2) is 30.3 Å². The molecule has 0 N–H and O–H groups in total. The summed E-state index contributed by atoms with van der Waals surface area (Å²) in [5, 5.41) is -0.243. The number of nitrogens with zero attached hydrogens (tertiary/aromatic N) is 1. The predicted molar refractivity (Wildman–Crippen MR) is 63.1 cm³/mol. The highest BCUT2D eigenvalue weighted by molar-refractivity contribution is 8.13. The number of hydrogen-bond acceptors (Lipinski definition) is 3. The van der Waals surface area contributed by atoms with Gasteiger partial charge in [-0.25, -0.2) is 4.90 Å². The number of carbonyl (C=O) groups excluding carboxylic acids is 2. The molecule has 0 aliphatic rings. The van der Waals surface area contributed by atoms with E-state index in [4.69, 9.17) is 0 Å². The van der Waals surface area contributed by atoms with Crippen molar-refractivity contribution < 1.29 is 9.59 Å². The van der Waals surface area contributed by atoms with Gasteiger partial charge in [0.2, 0.25) is 5.91 Å². The van der Waals surface area contributed by atoms with Crippen LogP contribution in [0.1, 0.15) is 13.3 Å². The van der Waals surface area contributed by atoms with E-state index in [1.807, 2.05) is 6.07 Å². The number of thioether (sulfide) groups is 1. The van der Waals surface area contributed by atoms with Crippen molar-refractivity contribution in [2.24, 2.45) is 0 Å². The zero-order valence-corrected chi connectivity index (χ0v) is 9.58. The van der Waals surface area contributed by atoms with Crippen molar-refractivity contribution in [1.29, 1.82) is 0 Å². The molecule has 1 aromatic carbocycles. The number of benzene rings is 1. The van der Waals surface area contributed by atoms with Crippen LogP contribution >= 0.6 is 11.8 Å². The topological polar surface area (TPSA) is 37.4 Å². The minimum absolute atomic E-state index is 0.180. The molecule has 0 aliphatic carbocycles. The van der Waals surface area contributed by atoms with Gasteiger partial charge in [-0.15, -0.1) is 0 Å². The molecule has 0 radical (unpaired) electrons. The van der Waals surface area contributed by atoms with E-state index in [9.17, 15) is 9.59 Å². The van der Waals surface area contributed by atoms with Gasteiger partial charge in [-0.1, -0.05) is 36.9 Å². The fraction of sp³-hybridized carbons (Fsp3) is 0.273. The van der Waals surface area contributed by atoms with Gasteiger partial charge in [0.1, 0.15) is 0 Å². The third-order valence-corrected chi connectivity index (χ3v) is 2.46. The van der Waals surface area contributed by atoms with Crippen LogP contribution in [0.4, 0.5) is 10.5 Å². The Hall–Kier alpha value is -1.29. The number of carbonyl (C=O) groups is 2. The van der Waals surface area contributed by atoms with E-state index >= 15 is 0 Å². The normalized spacial score (nSPS) is 9.73. The Morgan fingerprint density at radius 3 is 2.33 bits per heavy atom. The largest absolute Gasteiger partial charge is 0.292 e. The van der Waals surface area contributed by atoms with E-state index in [0.717, 1.165) is 11.8 Å². The van der Waals surface area contributed by atoms with E-state index < -0.39 is 0 Å².